The second-order valence-corrected chi connectivity index (χ2v) is 4.97. The zero-order valence-electron chi connectivity index (χ0n) is 11.2. The Morgan fingerprint density at radius 3 is 2.40 bits per heavy atom. The van der Waals surface area contributed by atoms with Crippen molar-refractivity contribution in [2.24, 2.45) is 5.41 Å². The van der Waals surface area contributed by atoms with E-state index in [1.807, 2.05) is 0 Å². The average molecular weight is 286 g/mol. The van der Waals surface area contributed by atoms with Gasteiger partial charge in [-0.3, -0.25) is 4.79 Å². The first-order valence-corrected chi connectivity index (χ1v) is 5.91. The molecule has 0 saturated carbocycles. The Morgan fingerprint density at radius 2 is 1.85 bits per heavy atom. The van der Waals surface area contributed by atoms with Crippen molar-refractivity contribution < 1.29 is 23.5 Å². The number of hydrogen-bond donors (Lipinski definition) is 3. The van der Waals surface area contributed by atoms with Crippen LogP contribution in [0.1, 0.15) is 19.4 Å². The first-order valence-electron chi connectivity index (χ1n) is 5.91. The Hall–Kier alpha value is -2.18. The van der Waals surface area contributed by atoms with Gasteiger partial charge in [-0.15, -0.1) is 0 Å². The van der Waals surface area contributed by atoms with Crippen molar-refractivity contribution >= 4 is 12.0 Å². The molecule has 0 radical (unpaired) electrons. The molecule has 0 aliphatic carbocycles. The summed E-state index contributed by atoms with van der Waals surface area (Å²) in [7, 11) is 0. The molecule has 0 aliphatic rings. The number of urea groups is 1. The number of carboxylic acid groups (broad SMARTS) is 1. The van der Waals surface area contributed by atoms with E-state index in [1.165, 1.54) is 19.9 Å². The molecule has 5 nitrogen and oxygen atoms in total. The van der Waals surface area contributed by atoms with E-state index in [1.54, 1.807) is 0 Å². The molecule has 1 aromatic carbocycles. The van der Waals surface area contributed by atoms with E-state index in [9.17, 15) is 18.4 Å². The lowest BCUT2D eigenvalue weighted by Crippen LogP contribution is -2.43. The summed E-state index contributed by atoms with van der Waals surface area (Å²) in [5.41, 5.74) is -0.684. The second-order valence-electron chi connectivity index (χ2n) is 4.97. The lowest BCUT2D eigenvalue weighted by molar-refractivity contribution is -0.146. The lowest BCUT2D eigenvalue weighted by atomic mass is 9.94. The van der Waals surface area contributed by atoms with Crippen molar-refractivity contribution in [1.29, 1.82) is 0 Å². The minimum atomic E-state index is -1.08. The summed E-state index contributed by atoms with van der Waals surface area (Å²) >= 11 is 0. The van der Waals surface area contributed by atoms with Crippen LogP contribution in [0.4, 0.5) is 13.6 Å². The largest absolute Gasteiger partial charge is 0.481 e. The first kappa shape index (κ1) is 15.9. The van der Waals surface area contributed by atoms with Crippen LogP contribution >= 0.6 is 0 Å². The summed E-state index contributed by atoms with van der Waals surface area (Å²) in [4.78, 5) is 22.3. The van der Waals surface area contributed by atoms with E-state index in [0.717, 1.165) is 12.1 Å². The van der Waals surface area contributed by atoms with Crippen LogP contribution in [0.2, 0.25) is 0 Å². The number of carboxylic acids is 1. The van der Waals surface area contributed by atoms with E-state index in [4.69, 9.17) is 5.11 Å². The molecule has 2 amide bonds. The van der Waals surface area contributed by atoms with Gasteiger partial charge in [0.25, 0.3) is 0 Å². The third-order valence-electron chi connectivity index (χ3n) is 2.71. The molecule has 20 heavy (non-hydrogen) atoms. The maximum absolute atomic E-state index is 12.9. The van der Waals surface area contributed by atoms with Crippen molar-refractivity contribution in [3.05, 3.63) is 35.4 Å². The van der Waals surface area contributed by atoms with E-state index in [-0.39, 0.29) is 13.1 Å². The van der Waals surface area contributed by atoms with Crippen molar-refractivity contribution in [1.82, 2.24) is 10.6 Å². The molecule has 0 aliphatic heterocycles. The molecule has 0 fully saturated rings. The van der Waals surface area contributed by atoms with E-state index in [2.05, 4.69) is 10.6 Å². The normalized spacial score (nSPS) is 11.0. The molecule has 0 saturated heterocycles. The van der Waals surface area contributed by atoms with Crippen LogP contribution in [0.25, 0.3) is 0 Å². The van der Waals surface area contributed by atoms with Gasteiger partial charge in [-0.05, 0) is 31.5 Å². The number of halogens is 2. The summed E-state index contributed by atoms with van der Waals surface area (Å²) in [5.74, 6) is -2.98. The van der Waals surface area contributed by atoms with Gasteiger partial charge in [-0.25, -0.2) is 13.6 Å². The summed E-state index contributed by atoms with van der Waals surface area (Å²) in [6.07, 6.45) is 0. The topological polar surface area (TPSA) is 78.4 Å². The van der Waals surface area contributed by atoms with Gasteiger partial charge >= 0.3 is 12.0 Å². The fourth-order valence-electron chi connectivity index (χ4n) is 1.27. The molecule has 0 aromatic heterocycles. The highest BCUT2D eigenvalue weighted by Crippen LogP contribution is 2.13. The quantitative estimate of drug-likeness (QED) is 0.773. The fraction of sp³-hybridized carbons (Fsp3) is 0.385. The van der Waals surface area contributed by atoms with Gasteiger partial charge in [0.1, 0.15) is 0 Å². The predicted molar refractivity (Wildman–Crippen MR) is 68.0 cm³/mol. The highest BCUT2D eigenvalue weighted by atomic mass is 19.2. The highest BCUT2D eigenvalue weighted by Gasteiger charge is 2.27. The first-order chi connectivity index (χ1) is 9.22. The molecule has 3 N–H and O–H groups in total. The van der Waals surface area contributed by atoms with Crippen molar-refractivity contribution in [2.45, 2.75) is 20.4 Å². The average Bonchev–Trinajstić information content (AvgIpc) is 2.37. The van der Waals surface area contributed by atoms with Crippen molar-refractivity contribution in [3.8, 4) is 0 Å². The maximum Gasteiger partial charge on any atom is 0.315 e. The number of nitrogens with one attached hydrogen (secondary N) is 2. The summed E-state index contributed by atoms with van der Waals surface area (Å²) in [6.45, 7) is 2.92. The third kappa shape index (κ3) is 4.49. The number of amides is 2. The molecule has 1 rings (SSSR count). The molecule has 7 heteroatoms. The Balaban J connectivity index is 2.44. The Bertz CT molecular complexity index is 518. The van der Waals surface area contributed by atoms with Gasteiger partial charge in [0.2, 0.25) is 0 Å². The number of carbonyl (C=O) groups excluding carboxylic acids is 1. The number of carbonyl (C=O) groups is 2. The monoisotopic (exact) mass is 286 g/mol. The molecular weight excluding hydrogens is 270 g/mol. The fourth-order valence-corrected chi connectivity index (χ4v) is 1.27. The standard InChI is InChI=1S/C13H16F2N2O3/c1-13(2,11(18)19)7-17-12(20)16-6-8-3-4-9(14)10(15)5-8/h3-5H,6-7H2,1-2H3,(H,18,19)(H2,16,17,20). The number of aliphatic carboxylic acids is 1. The van der Waals surface area contributed by atoms with Gasteiger partial charge < -0.3 is 15.7 Å². The molecular formula is C13H16F2N2O3. The van der Waals surface area contributed by atoms with Crippen LogP contribution in [-0.2, 0) is 11.3 Å². The Kier molecular flexibility index (Phi) is 5.01. The van der Waals surface area contributed by atoms with Crippen LogP contribution in [0.5, 0.6) is 0 Å². The summed E-state index contributed by atoms with van der Waals surface area (Å²) in [6, 6.07) is 2.72. The van der Waals surface area contributed by atoms with Crippen LogP contribution < -0.4 is 10.6 Å². The van der Waals surface area contributed by atoms with Crippen LogP contribution in [0, 0.1) is 17.0 Å². The zero-order chi connectivity index (χ0) is 15.3. The van der Waals surface area contributed by atoms with Crippen LogP contribution in [0.3, 0.4) is 0 Å². The highest BCUT2D eigenvalue weighted by molar-refractivity contribution is 5.77. The second kappa shape index (κ2) is 6.31. The van der Waals surface area contributed by atoms with E-state index >= 15 is 0 Å². The number of rotatable bonds is 5. The lowest BCUT2D eigenvalue weighted by Gasteiger charge is -2.19. The Morgan fingerprint density at radius 1 is 1.20 bits per heavy atom. The van der Waals surface area contributed by atoms with Gasteiger partial charge in [0.15, 0.2) is 11.6 Å². The molecule has 0 spiro atoms. The third-order valence-corrected chi connectivity index (χ3v) is 2.71. The van der Waals surface area contributed by atoms with E-state index in [0.29, 0.717) is 5.56 Å². The van der Waals surface area contributed by atoms with Crippen molar-refractivity contribution in [3.63, 3.8) is 0 Å². The van der Waals surface area contributed by atoms with Gasteiger partial charge in [-0.1, -0.05) is 6.07 Å². The van der Waals surface area contributed by atoms with Crippen LogP contribution in [-0.4, -0.2) is 23.7 Å². The molecule has 0 bridgehead atoms. The van der Waals surface area contributed by atoms with Gasteiger partial charge in [-0.2, -0.15) is 0 Å². The molecule has 110 valence electrons. The summed E-state index contributed by atoms with van der Waals surface area (Å²) in [5, 5.41) is 13.7. The Labute approximate surface area is 115 Å². The van der Waals surface area contributed by atoms with Gasteiger partial charge in [0.05, 0.1) is 5.41 Å². The molecule has 0 heterocycles. The maximum atomic E-state index is 12.9. The molecule has 0 unspecified atom stereocenters. The number of benzene rings is 1. The minimum Gasteiger partial charge on any atom is -0.481 e. The van der Waals surface area contributed by atoms with Crippen molar-refractivity contribution in [2.75, 3.05) is 6.54 Å². The van der Waals surface area contributed by atoms with E-state index < -0.39 is 29.0 Å². The minimum absolute atomic E-state index is 0.0104. The SMILES string of the molecule is CC(C)(CNC(=O)NCc1ccc(F)c(F)c1)C(=O)O. The molecule has 0 atom stereocenters. The predicted octanol–water partition coefficient (Wildman–Crippen LogP) is 1.87. The van der Waals surface area contributed by atoms with Gasteiger partial charge in [0, 0.05) is 13.1 Å². The zero-order valence-corrected chi connectivity index (χ0v) is 11.2. The smallest absolute Gasteiger partial charge is 0.315 e. The molecule has 1 aromatic rings. The van der Waals surface area contributed by atoms with Crippen LogP contribution in [0.15, 0.2) is 18.2 Å². The summed E-state index contributed by atoms with van der Waals surface area (Å²) < 4.78 is 25.6. The number of hydrogen-bond acceptors (Lipinski definition) is 2.